The summed E-state index contributed by atoms with van der Waals surface area (Å²) in [6.45, 7) is 7.43. The second-order valence-corrected chi connectivity index (χ2v) is 36.1. The summed E-state index contributed by atoms with van der Waals surface area (Å²) >= 11 is 0. The van der Waals surface area contributed by atoms with Crippen molar-refractivity contribution in [2.24, 2.45) is 5.92 Å². The molecule has 5 atom stereocenters. The van der Waals surface area contributed by atoms with Gasteiger partial charge >= 0.3 is 39.5 Å². The molecule has 0 aliphatic heterocycles. The van der Waals surface area contributed by atoms with Crippen molar-refractivity contribution < 1.29 is 80.2 Å². The van der Waals surface area contributed by atoms with Gasteiger partial charge in [-0.15, -0.1) is 0 Å². The zero-order valence-corrected chi connectivity index (χ0v) is 74.2. The third-order valence-corrected chi connectivity index (χ3v) is 23.4. The zero-order chi connectivity index (χ0) is 80.4. The Hall–Kier alpha value is -1.94. The molecule has 0 spiro atoms. The fourth-order valence-electron chi connectivity index (χ4n) is 14.4. The van der Waals surface area contributed by atoms with Gasteiger partial charge in [0, 0.05) is 25.7 Å². The first-order chi connectivity index (χ1) is 53.5. The van der Waals surface area contributed by atoms with Crippen molar-refractivity contribution in [3.8, 4) is 0 Å². The Morgan fingerprint density at radius 2 is 0.418 bits per heavy atom. The second kappa shape index (κ2) is 83.5. The molecule has 3 N–H and O–H groups in total. The maximum Gasteiger partial charge on any atom is 0.472 e. The van der Waals surface area contributed by atoms with Crippen molar-refractivity contribution in [3.63, 3.8) is 0 Å². The van der Waals surface area contributed by atoms with Gasteiger partial charge < -0.3 is 33.8 Å². The number of phosphoric acid groups is 2. The van der Waals surface area contributed by atoms with Crippen LogP contribution in [-0.2, 0) is 65.4 Å². The van der Waals surface area contributed by atoms with Gasteiger partial charge in [-0.05, 0) is 31.6 Å². The van der Waals surface area contributed by atoms with Crippen LogP contribution in [0.3, 0.4) is 0 Å². The van der Waals surface area contributed by atoms with Crippen LogP contribution in [0.15, 0.2) is 0 Å². The van der Waals surface area contributed by atoms with Crippen molar-refractivity contribution in [3.05, 3.63) is 0 Å². The minimum atomic E-state index is -4.97. The van der Waals surface area contributed by atoms with E-state index in [-0.39, 0.29) is 25.7 Å². The van der Waals surface area contributed by atoms with E-state index < -0.39 is 97.5 Å². The van der Waals surface area contributed by atoms with Gasteiger partial charge in [0.05, 0.1) is 26.4 Å². The SMILES string of the molecule is CCCCCCCCCCCCCCCCCCCCCCCCC(=O)O[C@H](COC(=O)CCCCCCCCCCCCCCCCCC(C)C)COP(=O)(O)OC[C@@H](O)COP(=O)(O)OC[C@@H](COC(=O)CCCCCCCCCCCCCCC)OC(=O)CCCCCCCCCCCCCCCCCCC. The fraction of sp³-hybridized carbons (Fsp3) is 0.956. The standard InChI is InChI=1S/C91H178O17P2/c1-6-9-12-15-18-21-24-27-29-31-32-33-34-35-37-41-47-52-57-62-67-72-77-91(96)108-87(81-102-89(94)75-70-65-60-55-50-45-42-38-39-44-48-53-58-63-68-73-84(4)5)83-106-110(99,100)104-79-85(92)78-103-109(97,98)105-82-86(80-101-88(93)74-69-64-59-54-49-43-26-23-20-17-14-11-8-3)107-90(95)76-71-66-61-56-51-46-40-36-30-28-25-22-19-16-13-10-7-2/h84-87,92H,6-83H2,1-5H3,(H,97,98)(H,99,100)/t85-,86+,87+/m0/s1. The fourth-order valence-corrected chi connectivity index (χ4v) is 15.9. The summed E-state index contributed by atoms with van der Waals surface area (Å²) < 4.78 is 69.1. The van der Waals surface area contributed by atoms with Crippen molar-refractivity contribution >= 4 is 39.5 Å². The summed E-state index contributed by atoms with van der Waals surface area (Å²) in [4.78, 5) is 73.4. The summed E-state index contributed by atoms with van der Waals surface area (Å²) in [7, 11) is -9.94. The number of aliphatic hydroxyl groups excluding tert-OH is 1. The molecule has 0 aliphatic carbocycles. The van der Waals surface area contributed by atoms with E-state index in [4.69, 9.17) is 37.0 Å². The van der Waals surface area contributed by atoms with E-state index in [1.54, 1.807) is 0 Å². The third kappa shape index (κ3) is 84.0. The van der Waals surface area contributed by atoms with Crippen LogP contribution in [0.5, 0.6) is 0 Å². The van der Waals surface area contributed by atoms with E-state index >= 15 is 0 Å². The summed E-state index contributed by atoms with van der Waals surface area (Å²) in [6.07, 6.45) is 79.2. The first-order valence-electron chi connectivity index (χ1n) is 47.1. The molecule has 0 radical (unpaired) electrons. The highest BCUT2D eigenvalue weighted by atomic mass is 31.2. The number of rotatable bonds is 91. The van der Waals surface area contributed by atoms with Gasteiger partial charge in [-0.2, -0.15) is 0 Å². The Kier molecular flexibility index (Phi) is 82.1. The van der Waals surface area contributed by atoms with Gasteiger partial charge in [0.1, 0.15) is 19.3 Å². The van der Waals surface area contributed by atoms with Crippen LogP contribution in [0.2, 0.25) is 0 Å². The van der Waals surface area contributed by atoms with Gasteiger partial charge in [-0.25, -0.2) is 9.13 Å². The average molecular weight is 1610 g/mol. The Morgan fingerprint density at radius 3 is 0.618 bits per heavy atom. The Labute approximate surface area is 677 Å². The molecular formula is C91H178O17P2. The normalized spacial score (nSPS) is 13.7. The van der Waals surface area contributed by atoms with Crippen molar-refractivity contribution in [2.45, 2.75) is 515 Å². The number of hydrogen-bond donors (Lipinski definition) is 3. The summed E-state index contributed by atoms with van der Waals surface area (Å²) in [5, 5.41) is 10.7. The highest BCUT2D eigenvalue weighted by Crippen LogP contribution is 2.45. The summed E-state index contributed by atoms with van der Waals surface area (Å²) in [6, 6.07) is 0. The summed E-state index contributed by atoms with van der Waals surface area (Å²) in [5.74, 6) is -1.29. The molecule has 0 saturated carbocycles. The Morgan fingerprint density at radius 1 is 0.245 bits per heavy atom. The number of esters is 4. The van der Waals surface area contributed by atoms with E-state index in [9.17, 15) is 43.2 Å². The van der Waals surface area contributed by atoms with Crippen molar-refractivity contribution in [1.29, 1.82) is 0 Å². The number of ether oxygens (including phenoxy) is 4. The Bertz CT molecular complexity index is 2080. The van der Waals surface area contributed by atoms with Crippen LogP contribution < -0.4 is 0 Å². The lowest BCUT2D eigenvalue weighted by molar-refractivity contribution is -0.161. The highest BCUT2D eigenvalue weighted by Gasteiger charge is 2.31. The summed E-state index contributed by atoms with van der Waals surface area (Å²) in [5.41, 5.74) is 0. The molecule has 0 rings (SSSR count). The van der Waals surface area contributed by atoms with Gasteiger partial charge in [-0.3, -0.25) is 37.3 Å². The Balaban J connectivity index is 5.25. The second-order valence-electron chi connectivity index (χ2n) is 33.2. The zero-order valence-electron chi connectivity index (χ0n) is 72.4. The predicted octanol–water partition coefficient (Wildman–Crippen LogP) is 28.3. The van der Waals surface area contributed by atoms with Gasteiger partial charge in [0.25, 0.3) is 0 Å². The molecule has 19 heteroatoms. The van der Waals surface area contributed by atoms with Crippen LogP contribution in [0.1, 0.15) is 497 Å². The molecule has 2 unspecified atom stereocenters. The van der Waals surface area contributed by atoms with Gasteiger partial charge in [0.15, 0.2) is 12.2 Å². The smallest absolute Gasteiger partial charge is 0.462 e. The van der Waals surface area contributed by atoms with E-state index in [0.29, 0.717) is 25.7 Å². The molecule has 0 aliphatic rings. The van der Waals surface area contributed by atoms with E-state index in [2.05, 4.69) is 34.6 Å². The van der Waals surface area contributed by atoms with Crippen LogP contribution in [0, 0.1) is 5.92 Å². The number of carbonyl (C=O) groups excluding carboxylic acids is 4. The predicted molar refractivity (Wildman–Crippen MR) is 455 cm³/mol. The van der Waals surface area contributed by atoms with Gasteiger partial charge in [-0.1, -0.05) is 446 Å². The third-order valence-electron chi connectivity index (χ3n) is 21.5. The minimum Gasteiger partial charge on any atom is -0.462 e. The number of unbranched alkanes of at least 4 members (excludes halogenated alkanes) is 63. The highest BCUT2D eigenvalue weighted by molar-refractivity contribution is 7.47. The van der Waals surface area contributed by atoms with E-state index in [1.807, 2.05) is 0 Å². The molecule has 0 aromatic rings. The minimum absolute atomic E-state index is 0.109. The maximum atomic E-state index is 13.2. The topological polar surface area (TPSA) is 237 Å². The first-order valence-corrected chi connectivity index (χ1v) is 50.1. The molecule has 17 nitrogen and oxygen atoms in total. The number of aliphatic hydroxyl groups is 1. The number of carbonyl (C=O) groups is 4. The van der Waals surface area contributed by atoms with Crippen LogP contribution in [0.4, 0.5) is 0 Å². The molecule has 110 heavy (non-hydrogen) atoms. The monoisotopic (exact) mass is 1610 g/mol. The lowest BCUT2D eigenvalue weighted by Crippen LogP contribution is -2.30. The molecule has 0 saturated heterocycles. The van der Waals surface area contributed by atoms with Crippen molar-refractivity contribution in [2.75, 3.05) is 39.6 Å². The number of hydrogen-bond acceptors (Lipinski definition) is 15. The average Bonchev–Trinajstić information content (AvgIpc) is 0.898. The quantitative estimate of drug-likeness (QED) is 0.0222. The number of phosphoric ester groups is 2. The molecule has 654 valence electrons. The largest absolute Gasteiger partial charge is 0.472 e. The van der Waals surface area contributed by atoms with E-state index in [1.165, 1.54) is 321 Å². The molecule has 0 heterocycles. The van der Waals surface area contributed by atoms with Crippen LogP contribution >= 0.6 is 15.6 Å². The van der Waals surface area contributed by atoms with E-state index in [0.717, 1.165) is 95.8 Å². The van der Waals surface area contributed by atoms with Crippen LogP contribution in [0.25, 0.3) is 0 Å². The molecule has 0 bridgehead atoms. The molecule has 0 amide bonds. The molecule has 0 fully saturated rings. The van der Waals surface area contributed by atoms with Gasteiger partial charge in [0.2, 0.25) is 0 Å². The lowest BCUT2D eigenvalue weighted by Gasteiger charge is -2.21. The molecular weight excluding hydrogens is 1430 g/mol. The molecule has 0 aromatic carbocycles. The lowest BCUT2D eigenvalue weighted by atomic mass is 10.0. The first kappa shape index (κ1) is 108. The molecule has 0 aromatic heterocycles. The van der Waals surface area contributed by atoms with Crippen molar-refractivity contribution in [1.82, 2.24) is 0 Å². The maximum absolute atomic E-state index is 13.2. The van der Waals surface area contributed by atoms with Crippen LogP contribution in [-0.4, -0.2) is 96.7 Å².